The number of carbonyl (C=O) groups excluding carboxylic acids is 1. The zero-order valence-electron chi connectivity index (χ0n) is 16.3. The van der Waals surface area contributed by atoms with Crippen LogP contribution < -0.4 is 15.0 Å². The zero-order valence-corrected chi connectivity index (χ0v) is 17.1. The molecule has 1 heterocycles. The van der Waals surface area contributed by atoms with Crippen LogP contribution in [0.15, 0.2) is 48.2 Å². The van der Waals surface area contributed by atoms with E-state index >= 15 is 0 Å². The second-order valence-electron chi connectivity index (χ2n) is 6.32. The normalized spacial score (nSPS) is 15.2. The third-order valence-electron chi connectivity index (χ3n) is 4.57. The first-order valence-corrected chi connectivity index (χ1v) is 9.69. The van der Waals surface area contributed by atoms with Crippen molar-refractivity contribution in [2.24, 2.45) is 0 Å². The number of aryl methyl sites for hydroxylation is 1. The van der Waals surface area contributed by atoms with Crippen LogP contribution in [0, 0.1) is 0 Å². The van der Waals surface area contributed by atoms with Gasteiger partial charge in [0.15, 0.2) is 5.11 Å². The number of amides is 1. The van der Waals surface area contributed by atoms with Crippen molar-refractivity contribution in [1.29, 1.82) is 0 Å². The van der Waals surface area contributed by atoms with Crippen molar-refractivity contribution in [1.82, 2.24) is 5.32 Å². The summed E-state index contributed by atoms with van der Waals surface area (Å²) in [5.41, 5.74) is 4.15. The van der Waals surface area contributed by atoms with Gasteiger partial charge in [-0.1, -0.05) is 31.2 Å². The Morgan fingerprint density at radius 2 is 1.93 bits per heavy atom. The van der Waals surface area contributed by atoms with Gasteiger partial charge in [-0.05, 0) is 61.0 Å². The van der Waals surface area contributed by atoms with Gasteiger partial charge in [-0.3, -0.25) is 9.69 Å². The maximum absolute atomic E-state index is 13.0. The van der Waals surface area contributed by atoms with E-state index in [1.807, 2.05) is 49.4 Å². The Balaban J connectivity index is 1.91. The number of nitrogens with one attached hydrogen (secondary N) is 1. The van der Waals surface area contributed by atoms with Gasteiger partial charge in [0.2, 0.25) is 0 Å². The molecule has 0 aliphatic carbocycles. The van der Waals surface area contributed by atoms with E-state index in [0.29, 0.717) is 24.0 Å². The summed E-state index contributed by atoms with van der Waals surface area (Å²) in [6.45, 7) is 5.08. The maximum atomic E-state index is 13.0. The minimum absolute atomic E-state index is 0.159. The fourth-order valence-electron chi connectivity index (χ4n) is 3.16. The van der Waals surface area contributed by atoms with Gasteiger partial charge in [0, 0.05) is 12.2 Å². The van der Waals surface area contributed by atoms with Gasteiger partial charge in [0.1, 0.15) is 11.4 Å². The first-order valence-electron chi connectivity index (χ1n) is 9.28. The van der Waals surface area contributed by atoms with Crippen molar-refractivity contribution < 1.29 is 14.3 Å². The molecule has 1 fully saturated rings. The van der Waals surface area contributed by atoms with Crippen molar-refractivity contribution in [3.8, 4) is 5.75 Å². The van der Waals surface area contributed by atoms with E-state index < -0.39 is 0 Å². The number of para-hydroxylation sites is 1. The third kappa shape index (κ3) is 4.08. The fourth-order valence-corrected chi connectivity index (χ4v) is 3.45. The molecule has 2 aromatic carbocycles. The SMILES string of the molecule is CCOCc1cc(/C=C2/NC(=S)N(c3ccccc3CC)C2=O)ccc1OC. The van der Waals surface area contributed by atoms with Crippen LogP contribution in [-0.2, 0) is 22.6 Å². The quantitative estimate of drug-likeness (QED) is 0.565. The Morgan fingerprint density at radius 3 is 2.64 bits per heavy atom. The summed E-state index contributed by atoms with van der Waals surface area (Å²) < 4.78 is 10.9. The predicted molar refractivity (Wildman–Crippen MR) is 115 cm³/mol. The summed E-state index contributed by atoms with van der Waals surface area (Å²) in [6.07, 6.45) is 2.62. The highest BCUT2D eigenvalue weighted by molar-refractivity contribution is 7.80. The van der Waals surface area contributed by atoms with E-state index in [-0.39, 0.29) is 5.91 Å². The summed E-state index contributed by atoms with van der Waals surface area (Å²) >= 11 is 5.44. The molecule has 1 aliphatic rings. The van der Waals surface area contributed by atoms with Gasteiger partial charge in [-0.25, -0.2) is 0 Å². The number of hydrogen-bond acceptors (Lipinski definition) is 4. The second kappa shape index (κ2) is 8.99. The van der Waals surface area contributed by atoms with Crippen LogP contribution in [0.2, 0.25) is 0 Å². The highest BCUT2D eigenvalue weighted by atomic mass is 32.1. The fraction of sp³-hybridized carbons (Fsp3) is 0.273. The lowest BCUT2D eigenvalue weighted by molar-refractivity contribution is -0.113. The van der Waals surface area contributed by atoms with E-state index in [9.17, 15) is 4.79 Å². The van der Waals surface area contributed by atoms with Crippen LogP contribution in [0.5, 0.6) is 5.75 Å². The molecule has 146 valence electrons. The molecule has 3 rings (SSSR count). The molecule has 0 radical (unpaired) electrons. The van der Waals surface area contributed by atoms with Crippen LogP contribution in [0.4, 0.5) is 5.69 Å². The lowest BCUT2D eigenvalue weighted by Gasteiger charge is -2.17. The zero-order chi connectivity index (χ0) is 20.1. The summed E-state index contributed by atoms with van der Waals surface area (Å²) in [5, 5.41) is 3.44. The van der Waals surface area contributed by atoms with Crippen molar-refractivity contribution in [3.63, 3.8) is 0 Å². The van der Waals surface area contributed by atoms with Crippen LogP contribution in [-0.4, -0.2) is 24.7 Å². The third-order valence-corrected chi connectivity index (χ3v) is 4.85. The molecule has 1 N–H and O–H groups in total. The molecule has 2 aromatic rings. The van der Waals surface area contributed by atoms with E-state index in [4.69, 9.17) is 21.7 Å². The van der Waals surface area contributed by atoms with Crippen LogP contribution in [0.1, 0.15) is 30.5 Å². The highest BCUT2D eigenvalue weighted by Crippen LogP contribution is 2.27. The molecule has 0 unspecified atom stereocenters. The Kier molecular flexibility index (Phi) is 6.44. The number of thiocarbonyl (C=S) groups is 1. The molecular weight excluding hydrogens is 372 g/mol. The maximum Gasteiger partial charge on any atom is 0.281 e. The lowest BCUT2D eigenvalue weighted by Crippen LogP contribution is -2.31. The van der Waals surface area contributed by atoms with Gasteiger partial charge in [0.05, 0.1) is 19.4 Å². The molecule has 0 saturated carbocycles. The number of hydrogen-bond donors (Lipinski definition) is 1. The van der Waals surface area contributed by atoms with Gasteiger partial charge >= 0.3 is 0 Å². The van der Waals surface area contributed by atoms with Gasteiger partial charge < -0.3 is 14.8 Å². The topological polar surface area (TPSA) is 50.8 Å². The molecule has 5 nitrogen and oxygen atoms in total. The molecular formula is C22H24N2O3S. The smallest absolute Gasteiger partial charge is 0.281 e. The number of benzene rings is 2. The molecule has 0 atom stereocenters. The summed E-state index contributed by atoms with van der Waals surface area (Å²) in [7, 11) is 1.63. The molecule has 1 amide bonds. The Morgan fingerprint density at radius 1 is 1.14 bits per heavy atom. The summed E-state index contributed by atoms with van der Waals surface area (Å²) in [5.74, 6) is 0.600. The average Bonchev–Trinajstić information content (AvgIpc) is 2.99. The van der Waals surface area contributed by atoms with Crippen LogP contribution >= 0.6 is 12.2 Å². The number of ether oxygens (including phenoxy) is 2. The van der Waals surface area contributed by atoms with Gasteiger partial charge in [-0.2, -0.15) is 0 Å². The van der Waals surface area contributed by atoms with Crippen molar-refractivity contribution >= 4 is 35.0 Å². The molecule has 1 aliphatic heterocycles. The lowest BCUT2D eigenvalue weighted by atomic mass is 10.1. The standard InChI is InChI=1S/C22H24N2O3S/c1-4-16-8-6-7-9-19(16)24-21(25)18(23-22(24)28)13-15-10-11-20(26-3)17(12-15)14-27-5-2/h6-13H,4-5,14H2,1-3H3,(H,23,28)/b18-13+. The van der Waals surface area contributed by atoms with Gasteiger partial charge in [-0.15, -0.1) is 0 Å². The molecule has 1 saturated heterocycles. The van der Waals surface area contributed by atoms with Crippen LogP contribution in [0.3, 0.4) is 0 Å². The largest absolute Gasteiger partial charge is 0.496 e. The molecule has 28 heavy (non-hydrogen) atoms. The number of nitrogens with zero attached hydrogens (tertiary/aromatic N) is 1. The molecule has 0 bridgehead atoms. The van der Waals surface area contributed by atoms with Crippen molar-refractivity contribution in [3.05, 3.63) is 64.9 Å². The molecule has 0 spiro atoms. The monoisotopic (exact) mass is 396 g/mol. The average molecular weight is 397 g/mol. The second-order valence-corrected chi connectivity index (χ2v) is 6.71. The first-order chi connectivity index (χ1) is 13.6. The number of methoxy groups -OCH3 is 1. The highest BCUT2D eigenvalue weighted by Gasteiger charge is 2.32. The van der Waals surface area contributed by atoms with Crippen molar-refractivity contribution in [2.45, 2.75) is 26.9 Å². The number of anilines is 1. The van der Waals surface area contributed by atoms with E-state index in [1.165, 1.54) is 0 Å². The van der Waals surface area contributed by atoms with E-state index in [0.717, 1.165) is 34.5 Å². The molecule has 0 aromatic heterocycles. The minimum atomic E-state index is -0.159. The Hall–Kier alpha value is -2.70. The minimum Gasteiger partial charge on any atom is -0.496 e. The predicted octanol–water partition coefficient (Wildman–Crippen LogP) is 4.06. The first kappa shape index (κ1) is 20.0. The van der Waals surface area contributed by atoms with E-state index in [2.05, 4.69) is 12.2 Å². The summed E-state index contributed by atoms with van der Waals surface area (Å²) in [6, 6.07) is 13.5. The molecule has 6 heteroatoms. The Bertz CT molecular complexity index is 924. The number of carbonyl (C=O) groups is 1. The summed E-state index contributed by atoms with van der Waals surface area (Å²) in [4.78, 5) is 14.6. The Labute approximate surface area is 170 Å². The van der Waals surface area contributed by atoms with E-state index in [1.54, 1.807) is 18.1 Å². The van der Waals surface area contributed by atoms with Gasteiger partial charge in [0.25, 0.3) is 5.91 Å². The number of rotatable bonds is 7. The van der Waals surface area contributed by atoms with Crippen molar-refractivity contribution in [2.75, 3.05) is 18.6 Å². The van der Waals surface area contributed by atoms with Crippen LogP contribution in [0.25, 0.3) is 6.08 Å².